The predicted octanol–water partition coefficient (Wildman–Crippen LogP) is 1.54. The normalized spacial score (nSPS) is 8.50. The van der Waals surface area contributed by atoms with Crippen LogP contribution in [0.3, 0.4) is 0 Å². The third-order valence-electron chi connectivity index (χ3n) is 1.26. The second-order valence-electron chi connectivity index (χ2n) is 2.93. The van der Waals surface area contributed by atoms with Crippen molar-refractivity contribution < 1.29 is 14.3 Å². The van der Waals surface area contributed by atoms with Gasteiger partial charge in [-0.05, 0) is 13.8 Å². The summed E-state index contributed by atoms with van der Waals surface area (Å²) in [6.07, 6.45) is 1.98. The molecule has 0 saturated heterocycles. The van der Waals surface area contributed by atoms with Crippen LogP contribution in [0.2, 0.25) is 0 Å². The Morgan fingerprint density at radius 1 is 1.21 bits per heavy atom. The molecule has 0 N–H and O–H groups in total. The minimum atomic E-state index is -0.315. The average Bonchev–Trinajstić information content (AvgIpc) is 2.08. The lowest BCUT2D eigenvalue weighted by Gasteiger charge is -1.94. The first-order valence-electron chi connectivity index (χ1n) is 4.43. The number of ether oxygens (including phenoxy) is 2. The van der Waals surface area contributed by atoms with Gasteiger partial charge in [0, 0.05) is 6.92 Å². The average molecular weight is 196 g/mol. The lowest BCUT2D eigenvalue weighted by Crippen LogP contribution is -1.98. The van der Waals surface area contributed by atoms with E-state index >= 15 is 0 Å². The molecule has 78 valence electrons. The minimum absolute atomic E-state index is 0.140. The van der Waals surface area contributed by atoms with E-state index < -0.39 is 0 Å². The van der Waals surface area contributed by atoms with Gasteiger partial charge in [-0.15, -0.1) is 0 Å². The van der Waals surface area contributed by atoms with E-state index in [4.69, 9.17) is 4.74 Å². The first kappa shape index (κ1) is 12.7. The topological polar surface area (TPSA) is 35.5 Å². The molecule has 0 fully saturated rings. The van der Waals surface area contributed by atoms with Crippen molar-refractivity contribution in [2.45, 2.75) is 20.8 Å². The molecule has 0 atom stereocenters. The molecule has 0 radical (unpaired) electrons. The second-order valence-corrected chi connectivity index (χ2v) is 2.93. The summed E-state index contributed by atoms with van der Waals surface area (Å²) in [4.78, 5) is 10.3. The van der Waals surface area contributed by atoms with Gasteiger partial charge >= 0.3 is 5.97 Å². The zero-order valence-corrected chi connectivity index (χ0v) is 8.92. The summed E-state index contributed by atoms with van der Waals surface area (Å²) in [5, 5.41) is 0. The SMILES string of the molecule is CC(=O)OCC#CCOCC=C(C)C. The van der Waals surface area contributed by atoms with Crippen LogP contribution >= 0.6 is 0 Å². The van der Waals surface area contributed by atoms with Crippen molar-refractivity contribution >= 4 is 5.97 Å². The Kier molecular flexibility index (Phi) is 7.58. The van der Waals surface area contributed by atoms with Gasteiger partial charge in [0.15, 0.2) is 6.61 Å². The Bertz CT molecular complexity index is 251. The Labute approximate surface area is 85.1 Å². The molecule has 0 amide bonds. The lowest BCUT2D eigenvalue weighted by atomic mass is 10.3. The third kappa shape index (κ3) is 10.7. The molecule has 0 rings (SSSR count). The number of esters is 1. The highest BCUT2D eigenvalue weighted by Gasteiger charge is 1.85. The quantitative estimate of drug-likeness (QED) is 0.296. The number of carbonyl (C=O) groups is 1. The van der Waals surface area contributed by atoms with Gasteiger partial charge in [0.1, 0.15) is 6.61 Å². The van der Waals surface area contributed by atoms with E-state index in [2.05, 4.69) is 16.6 Å². The molecule has 0 aliphatic carbocycles. The highest BCUT2D eigenvalue weighted by atomic mass is 16.5. The van der Waals surface area contributed by atoms with Crippen molar-refractivity contribution in [1.29, 1.82) is 0 Å². The molecule has 3 heteroatoms. The fraction of sp³-hybridized carbons (Fsp3) is 0.545. The van der Waals surface area contributed by atoms with Gasteiger partial charge in [0.05, 0.1) is 6.61 Å². The van der Waals surface area contributed by atoms with Crippen LogP contribution in [0.15, 0.2) is 11.6 Å². The molecule has 0 aromatic heterocycles. The molecule has 0 saturated carbocycles. The maximum absolute atomic E-state index is 10.3. The standard InChI is InChI=1S/C11H16O3/c1-10(2)6-9-13-7-4-5-8-14-11(3)12/h6H,7-9H2,1-3H3. The molecule has 0 aromatic rings. The molecular formula is C11H16O3. The Balaban J connectivity index is 3.35. The minimum Gasteiger partial charge on any atom is -0.453 e. The molecular weight excluding hydrogens is 180 g/mol. The van der Waals surface area contributed by atoms with Crippen LogP contribution in [0.25, 0.3) is 0 Å². The van der Waals surface area contributed by atoms with Crippen molar-refractivity contribution in [2.24, 2.45) is 0 Å². The van der Waals surface area contributed by atoms with Gasteiger partial charge in [-0.25, -0.2) is 0 Å². The van der Waals surface area contributed by atoms with Crippen molar-refractivity contribution in [3.8, 4) is 11.8 Å². The first-order valence-corrected chi connectivity index (χ1v) is 4.43. The molecule has 0 bridgehead atoms. The van der Waals surface area contributed by atoms with Crippen LogP contribution in [0.5, 0.6) is 0 Å². The van der Waals surface area contributed by atoms with E-state index in [1.807, 2.05) is 19.9 Å². The Morgan fingerprint density at radius 2 is 1.86 bits per heavy atom. The highest BCUT2D eigenvalue weighted by Crippen LogP contribution is 1.87. The van der Waals surface area contributed by atoms with Gasteiger partial charge in [-0.3, -0.25) is 4.79 Å². The summed E-state index contributed by atoms with van der Waals surface area (Å²) in [5.41, 5.74) is 1.22. The van der Waals surface area contributed by atoms with Crippen LogP contribution in [0, 0.1) is 11.8 Å². The molecule has 0 aromatic carbocycles. The predicted molar refractivity (Wildman–Crippen MR) is 54.7 cm³/mol. The summed E-state index contributed by atoms with van der Waals surface area (Å²) < 4.78 is 9.77. The molecule has 14 heavy (non-hydrogen) atoms. The molecule has 3 nitrogen and oxygen atoms in total. The van der Waals surface area contributed by atoms with Crippen molar-refractivity contribution in [2.75, 3.05) is 19.8 Å². The maximum atomic E-state index is 10.3. The summed E-state index contributed by atoms with van der Waals surface area (Å²) in [6, 6.07) is 0. The zero-order chi connectivity index (χ0) is 10.8. The van der Waals surface area contributed by atoms with E-state index in [0.717, 1.165) is 0 Å². The van der Waals surface area contributed by atoms with Gasteiger partial charge < -0.3 is 9.47 Å². The van der Waals surface area contributed by atoms with Gasteiger partial charge in [0.25, 0.3) is 0 Å². The summed E-state index contributed by atoms with van der Waals surface area (Å²) in [7, 11) is 0. The summed E-state index contributed by atoms with van der Waals surface area (Å²) in [6.45, 7) is 6.45. The summed E-state index contributed by atoms with van der Waals surface area (Å²) >= 11 is 0. The lowest BCUT2D eigenvalue weighted by molar-refractivity contribution is -0.139. The zero-order valence-electron chi connectivity index (χ0n) is 8.92. The van der Waals surface area contributed by atoms with Crippen LogP contribution in [-0.2, 0) is 14.3 Å². The van der Waals surface area contributed by atoms with E-state index in [1.54, 1.807) is 0 Å². The van der Waals surface area contributed by atoms with E-state index in [9.17, 15) is 4.79 Å². The van der Waals surface area contributed by atoms with Crippen LogP contribution < -0.4 is 0 Å². The molecule has 0 aliphatic heterocycles. The number of hydrogen-bond donors (Lipinski definition) is 0. The Morgan fingerprint density at radius 3 is 2.43 bits per heavy atom. The largest absolute Gasteiger partial charge is 0.453 e. The van der Waals surface area contributed by atoms with Crippen molar-refractivity contribution in [3.63, 3.8) is 0 Å². The number of hydrogen-bond acceptors (Lipinski definition) is 3. The van der Waals surface area contributed by atoms with Crippen LogP contribution in [-0.4, -0.2) is 25.8 Å². The molecule has 0 spiro atoms. The van der Waals surface area contributed by atoms with Gasteiger partial charge in [0.2, 0.25) is 0 Å². The van der Waals surface area contributed by atoms with Gasteiger partial charge in [-0.1, -0.05) is 23.5 Å². The number of carbonyl (C=O) groups excluding carboxylic acids is 1. The fourth-order valence-corrected chi connectivity index (χ4v) is 0.575. The highest BCUT2D eigenvalue weighted by molar-refractivity contribution is 5.66. The maximum Gasteiger partial charge on any atom is 0.303 e. The van der Waals surface area contributed by atoms with Crippen LogP contribution in [0.1, 0.15) is 20.8 Å². The summed E-state index contributed by atoms with van der Waals surface area (Å²) in [5.74, 6) is 5.09. The van der Waals surface area contributed by atoms with E-state index in [-0.39, 0.29) is 12.6 Å². The van der Waals surface area contributed by atoms with Crippen molar-refractivity contribution in [1.82, 2.24) is 0 Å². The number of rotatable bonds is 4. The van der Waals surface area contributed by atoms with Gasteiger partial charge in [-0.2, -0.15) is 0 Å². The monoisotopic (exact) mass is 196 g/mol. The first-order chi connectivity index (χ1) is 6.63. The second kappa shape index (κ2) is 8.33. The Hall–Kier alpha value is -1.27. The number of allylic oxidation sites excluding steroid dienone is 1. The van der Waals surface area contributed by atoms with Crippen molar-refractivity contribution in [3.05, 3.63) is 11.6 Å². The fourth-order valence-electron chi connectivity index (χ4n) is 0.575. The molecule has 0 heterocycles. The van der Waals surface area contributed by atoms with E-state index in [0.29, 0.717) is 13.2 Å². The molecule has 0 aliphatic rings. The third-order valence-corrected chi connectivity index (χ3v) is 1.26. The smallest absolute Gasteiger partial charge is 0.303 e. The van der Waals surface area contributed by atoms with Crippen LogP contribution in [0.4, 0.5) is 0 Å². The van der Waals surface area contributed by atoms with E-state index in [1.165, 1.54) is 12.5 Å². The molecule has 0 unspecified atom stereocenters.